The molecular weight excluding hydrogens is 378 g/mol. The van der Waals surface area contributed by atoms with Gasteiger partial charge in [-0.15, -0.1) is 0 Å². The minimum Gasteiger partial charge on any atom is -0.460 e. The molecule has 0 aromatic carbocycles. The maximum absolute atomic E-state index is 12.2. The van der Waals surface area contributed by atoms with Crippen LogP contribution < -0.4 is 0 Å². The highest BCUT2D eigenvalue weighted by molar-refractivity contribution is 5.84. The average Bonchev–Trinajstić information content (AvgIpc) is 3.30. The van der Waals surface area contributed by atoms with E-state index in [1.807, 2.05) is 0 Å². The number of Topliss-reactive ketones (excluding diaryl/α,β-unsaturated/α-hetero) is 1. The van der Waals surface area contributed by atoms with Gasteiger partial charge in [-0.1, -0.05) is 13.8 Å². The number of carbonyl (C=O) groups is 2. The third kappa shape index (κ3) is 3.02. The third-order valence-electron chi connectivity index (χ3n) is 10.4. The highest BCUT2D eigenvalue weighted by Gasteiger charge is 2.64. The lowest BCUT2D eigenvalue weighted by atomic mass is 9.45. The molecule has 1 saturated heterocycles. The molecule has 0 aromatic rings. The third-order valence-corrected chi connectivity index (χ3v) is 10.4. The Morgan fingerprint density at radius 1 is 1.10 bits per heavy atom. The number of hydrogen-bond acceptors (Lipinski definition) is 5. The van der Waals surface area contributed by atoms with Crippen LogP contribution in [0.4, 0.5) is 0 Å². The van der Waals surface area contributed by atoms with Gasteiger partial charge in [0.05, 0.1) is 0 Å². The summed E-state index contributed by atoms with van der Waals surface area (Å²) >= 11 is 0. The molecule has 0 unspecified atom stereocenters. The molecule has 0 amide bonds. The number of esters is 1. The molecule has 4 saturated carbocycles. The highest BCUT2D eigenvalue weighted by Crippen LogP contribution is 2.66. The Hall–Kier alpha value is -0.940. The van der Waals surface area contributed by atoms with E-state index in [-0.39, 0.29) is 28.7 Å². The van der Waals surface area contributed by atoms with Crippen LogP contribution in [0.25, 0.3) is 0 Å². The lowest BCUT2D eigenvalue weighted by molar-refractivity contribution is -0.169. The maximum Gasteiger partial charge on any atom is 0.302 e. The van der Waals surface area contributed by atoms with Crippen molar-refractivity contribution in [3.63, 3.8) is 0 Å². The molecule has 0 radical (unpaired) electrons. The van der Waals surface area contributed by atoms with E-state index in [2.05, 4.69) is 18.7 Å². The van der Waals surface area contributed by atoms with Crippen LogP contribution in [0.2, 0.25) is 0 Å². The van der Waals surface area contributed by atoms with Gasteiger partial charge >= 0.3 is 5.97 Å². The molecule has 5 rings (SSSR count). The zero-order valence-corrected chi connectivity index (χ0v) is 18.9. The molecule has 168 valence electrons. The van der Waals surface area contributed by atoms with E-state index in [1.165, 1.54) is 19.3 Å². The van der Waals surface area contributed by atoms with Gasteiger partial charge in [-0.25, -0.2) is 0 Å². The van der Waals surface area contributed by atoms with Gasteiger partial charge < -0.3 is 9.84 Å². The molecule has 5 aliphatic rings. The number of fused-ring (bicyclic) bond motifs is 5. The minimum absolute atomic E-state index is 0.00287. The number of aliphatic hydroxyl groups is 1. The van der Waals surface area contributed by atoms with Gasteiger partial charge in [-0.2, -0.15) is 0 Å². The summed E-state index contributed by atoms with van der Waals surface area (Å²) in [4.78, 5) is 26.9. The van der Waals surface area contributed by atoms with Crippen molar-refractivity contribution in [1.29, 1.82) is 0 Å². The summed E-state index contributed by atoms with van der Waals surface area (Å²) in [5.74, 6) is 2.11. The van der Waals surface area contributed by atoms with E-state index < -0.39 is 6.10 Å². The molecule has 4 aliphatic carbocycles. The first-order valence-corrected chi connectivity index (χ1v) is 12.4. The van der Waals surface area contributed by atoms with Crippen LogP contribution >= 0.6 is 0 Å². The van der Waals surface area contributed by atoms with Gasteiger partial charge in [0, 0.05) is 24.8 Å². The summed E-state index contributed by atoms with van der Waals surface area (Å²) in [5, 5.41) is 10.4. The van der Waals surface area contributed by atoms with Gasteiger partial charge in [0.25, 0.3) is 0 Å². The number of hydrogen-bond donors (Lipinski definition) is 1. The Labute approximate surface area is 180 Å². The van der Waals surface area contributed by atoms with Crippen LogP contribution in [0.1, 0.15) is 78.6 Å². The first kappa shape index (κ1) is 20.9. The van der Waals surface area contributed by atoms with Gasteiger partial charge in [0.15, 0.2) is 5.78 Å². The number of likely N-dealkylation sites (tertiary alicyclic amines) is 1. The highest BCUT2D eigenvalue weighted by atomic mass is 16.5. The molecule has 0 aromatic heterocycles. The van der Waals surface area contributed by atoms with E-state index in [4.69, 9.17) is 4.74 Å². The van der Waals surface area contributed by atoms with Crippen molar-refractivity contribution >= 4 is 11.8 Å². The number of carbonyl (C=O) groups excluding carboxylic acids is 2. The van der Waals surface area contributed by atoms with E-state index >= 15 is 0 Å². The zero-order valence-electron chi connectivity index (χ0n) is 18.9. The predicted molar refractivity (Wildman–Crippen MR) is 114 cm³/mol. The molecule has 5 heteroatoms. The van der Waals surface area contributed by atoms with Crippen molar-refractivity contribution in [1.82, 2.24) is 4.90 Å². The molecule has 9 atom stereocenters. The molecule has 5 nitrogen and oxygen atoms in total. The Kier molecular flexibility index (Phi) is 5.09. The second-order valence-electron chi connectivity index (χ2n) is 11.7. The standard InChI is InChI=1S/C25H39NO4/c1-15(27)30-23-20(26-10-4-5-11-26)13-19-17-7-6-16-12-21(28)22(29)14-25(16,3)18(17)8-9-24(19,23)2/h16-20,22-23,29H,4-14H2,1-3H3/t16-,17+,18-,19-,20-,22-,23-,24-,25-/m0/s1. The van der Waals surface area contributed by atoms with Crippen LogP contribution in [0.3, 0.4) is 0 Å². The van der Waals surface area contributed by atoms with Crippen LogP contribution in [-0.2, 0) is 14.3 Å². The predicted octanol–water partition coefficient (Wildman–Crippen LogP) is 3.58. The Morgan fingerprint density at radius 3 is 2.53 bits per heavy atom. The summed E-state index contributed by atoms with van der Waals surface area (Å²) in [6, 6.07) is 0.356. The molecule has 1 heterocycles. The number of ether oxygens (including phenoxy) is 1. The summed E-state index contributed by atoms with van der Waals surface area (Å²) in [5.41, 5.74) is 0.118. The SMILES string of the molecule is CC(=O)O[C@H]1[C@@H](N2CCCC2)C[C@H]2[C@@H]3CC[C@H]4CC(=O)[C@@H](O)C[C@]4(C)[C@H]3CC[C@@]21C. The van der Waals surface area contributed by atoms with Crippen LogP contribution in [0.15, 0.2) is 0 Å². The van der Waals surface area contributed by atoms with E-state index in [1.54, 1.807) is 6.92 Å². The normalized spacial score (nSPS) is 51.2. The minimum atomic E-state index is -0.770. The topological polar surface area (TPSA) is 66.8 Å². The summed E-state index contributed by atoms with van der Waals surface area (Å²) < 4.78 is 6.09. The van der Waals surface area contributed by atoms with E-state index in [9.17, 15) is 14.7 Å². The summed E-state index contributed by atoms with van der Waals surface area (Å²) in [7, 11) is 0. The van der Waals surface area contributed by atoms with Crippen LogP contribution in [0, 0.1) is 34.5 Å². The summed E-state index contributed by atoms with van der Waals surface area (Å²) in [6.07, 6.45) is 8.60. The zero-order chi connectivity index (χ0) is 21.3. The summed E-state index contributed by atoms with van der Waals surface area (Å²) in [6.45, 7) is 8.59. The number of nitrogens with zero attached hydrogens (tertiary/aromatic N) is 1. The van der Waals surface area contributed by atoms with Gasteiger partial charge in [-0.3, -0.25) is 14.5 Å². The molecular formula is C25H39NO4. The average molecular weight is 418 g/mol. The lowest BCUT2D eigenvalue weighted by Gasteiger charge is -2.60. The molecule has 1 aliphatic heterocycles. The van der Waals surface area contributed by atoms with Crippen molar-refractivity contribution in [3.05, 3.63) is 0 Å². The number of ketones is 1. The molecule has 0 spiro atoms. The second-order valence-corrected chi connectivity index (χ2v) is 11.7. The first-order valence-electron chi connectivity index (χ1n) is 12.4. The van der Waals surface area contributed by atoms with Crippen LogP contribution in [0.5, 0.6) is 0 Å². The number of aliphatic hydroxyl groups excluding tert-OH is 1. The van der Waals surface area contributed by atoms with Crippen molar-refractivity contribution in [2.75, 3.05) is 13.1 Å². The van der Waals surface area contributed by atoms with Gasteiger partial charge in [0.2, 0.25) is 0 Å². The smallest absolute Gasteiger partial charge is 0.302 e. The Balaban J connectivity index is 1.45. The van der Waals surface area contributed by atoms with Gasteiger partial charge in [0.1, 0.15) is 12.2 Å². The van der Waals surface area contributed by atoms with Crippen molar-refractivity contribution in [2.24, 2.45) is 34.5 Å². The van der Waals surface area contributed by atoms with Crippen LogP contribution in [-0.4, -0.2) is 53.1 Å². The monoisotopic (exact) mass is 417 g/mol. The Morgan fingerprint density at radius 2 is 1.83 bits per heavy atom. The van der Waals surface area contributed by atoms with Crippen molar-refractivity contribution in [2.45, 2.75) is 96.8 Å². The second kappa shape index (κ2) is 7.30. The fraction of sp³-hybridized carbons (Fsp3) is 0.920. The fourth-order valence-electron chi connectivity index (χ4n) is 8.87. The lowest BCUT2D eigenvalue weighted by Crippen LogP contribution is -2.56. The van der Waals surface area contributed by atoms with E-state index in [0.29, 0.717) is 42.6 Å². The Bertz CT molecular complexity index is 718. The van der Waals surface area contributed by atoms with E-state index in [0.717, 1.165) is 38.8 Å². The van der Waals surface area contributed by atoms with Crippen molar-refractivity contribution in [3.8, 4) is 0 Å². The fourth-order valence-corrected chi connectivity index (χ4v) is 8.87. The van der Waals surface area contributed by atoms with Gasteiger partial charge in [-0.05, 0) is 93.5 Å². The number of rotatable bonds is 2. The largest absolute Gasteiger partial charge is 0.460 e. The maximum atomic E-state index is 12.2. The first-order chi connectivity index (χ1) is 14.2. The molecule has 0 bridgehead atoms. The molecule has 5 fully saturated rings. The van der Waals surface area contributed by atoms with Crippen molar-refractivity contribution < 1.29 is 19.4 Å². The molecule has 30 heavy (non-hydrogen) atoms. The quantitative estimate of drug-likeness (QED) is 0.696. The molecule has 1 N–H and O–H groups in total.